The van der Waals surface area contributed by atoms with Crippen LogP contribution >= 0.6 is 39.3 Å². The van der Waals surface area contributed by atoms with Gasteiger partial charge < -0.3 is 4.18 Å². The smallest absolute Gasteiger partial charge is 0.339 e. The van der Waals surface area contributed by atoms with E-state index in [1.807, 2.05) is 60.7 Å². The van der Waals surface area contributed by atoms with Gasteiger partial charge in [0.1, 0.15) is 4.90 Å². The van der Waals surface area contributed by atoms with Gasteiger partial charge in [-0.15, -0.1) is 0 Å². The molecule has 0 saturated carbocycles. The standard InChI is InChI=1S/C30H22BrClN2O4S2/c31-26-17-23(11-16-27(26)38-40(36,37)25-14-12-24(32)13-15-25)18-28-29(35)34(20-22-9-5-2-6-10-22)30(39-28)33-19-21-7-3-1-4-8-21/h1-18H,19-20H2/b28-18+,33-30?. The lowest BCUT2D eigenvalue weighted by molar-refractivity contribution is -0.122. The van der Waals surface area contributed by atoms with E-state index < -0.39 is 10.1 Å². The fourth-order valence-corrected chi connectivity index (χ4v) is 6.50. The highest BCUT2D eigenvalue weighted by Crippen LogP contribution is 2.36. The lowest BCUT2D eigenvalue weighted by Gasteiger charge is -2.15. The summed E-state index contributed by atoms with van der Waals surface area (Å²) in [5, 5.41) is 1.05. The zero-order valence-corrected chi connectivity index (χ0v) is 24.9. The molecule has 202 valence electrons. The molecule has 1 fully saturated rings. The summed E-state index contributed by atoms with van der Waals surface area (Å²) in [5.74, 6) is -0.0271. The Morgan fingerprint density at radius 3 is 2.20 bits per heavy atom. The van der Waals surface area contributed by atoms with E-state index in [1.54, 1.807) is 29.2 Å². The number of amides is 1. The Hall–Kier alpha value is -3.37. The number of hydrogen-bond donors (Lipinski definition) is 0. The number of nitrogens with zero attached hydrogens (tertiary/aromatic N) is 2. The summed E-state index contributed by atoms with van der Waals surface area (Å²) in [6.07, 6.45) is 1.76. The molecule has 0 bridgehead atoms. The summed E-state index contributed by atoms with van der Waals surface area (Å²) in [7, 11) is -4.05. The van der Waals surface area contributed by atoms with Crippen molar-refractivity contribution in [3.05, 3.63) is 134 Å². The Morgan fingerprint density at radius 1 is 0.900 bits per heavy atom. The summed E-state index contributed by atoms with van der Waals surface area (Å²) in [6, 6.07) is 30.3. The Kier molecular flexibility index (Phi) is 8.75. The van der Waals surface area contributed by atoms with Crippen LogP contribution in [0.5, 0.6) is 5.75 Å². The second kappa shape index (κ2) is 12.4. The average Bonchev–Trinajstić information content (AvgIpc) is 3.24. The van der Waals surface area contributed by atoms with Crippen molar-refractivity contribution in [1.29, 1.82) is 0 Å². The fraction of sp³-hybridized carbons (Fsp3) is 0.0667. The van der Waals surface area contributed by atoms with Crippen molar-refractivity contribution in [2.24, 2.45) is 4.99 Å². The van der Waals surface area contributed by atoms with Crippen LogP contribution in [0.25, 0.3) is 6.08 Å². The minimum Gasteiger partial charge on any atom is -0.378 e. The Bertz CT molecular complexity index is 1700. The third kappa shape index (κ3) is 6.85. The number of carbonyl (C=O) groups is 1. The summed E-state index contributed by atoms with van der Waals surface area (Å²) in [5.41, 5.74) is 2.74. The first-order valence-electron chi connectivity index (χ1n) is 12.1. The number of benzene rings is 4. The quantitative estimate of drug-likeness (QED) is 0.145. The maximum absolute atomic E-state index is 13.5. The first-order chi connectivity index (χ1) is 19.3. The van der Waals surface area contributed by atoms with Gasteiger partial charge in [-0.2, -0.15) is 8.42 Å². The molecule has 5 rings (SSSR count). The van der Waals surface area contributed by atoms with Crippen molar-refractivity contribution in [2.45, 2.75) is 18.0 Å². The van der Waals surface area contributed by atoms with Crippen LogP contribution in [0.1, 0.15) is 16.7 Å². The van der Waals surface area contributed by atoms with E-state index in [0.29, 0.717) is 38.2 Å². The molecule has 1 heterocycles. The molecule has 0 N–H and O–H groups in total. The van der Waals surface area contributed by atoms with Gasteiger partial charge in [-0.25, -0.2) is 0 Å². The van der Waals surface area contributed by atoms with Crippen LogP contribution in [0.15, 0.2) is 122 Å². The molecule has 0 aromatic heterocycles. The van der Waals surface area contributed by atoms with Crippen molar-refractivity contribution in [3.63, 3.8) is 0 Å². The van der Waals surface area contributed by atoms with Crippen LogP contribution in [-0.4, -0.2) is 24.4 Å². The van der Waals surface area contributed by atoms with Gasteiger partial charge in [-0.05, 0) is 86.9 Å². The van der Waals surface area contributed by atoms with Crippen LogP contribution < -0.4 is 4.18 Å². The molecule has 40 heavy (non-hydrogen) atoms. The average molecular weight is 654 g/mol. The van der Waals surface area contributed by atoms with Crippen LogP contribution in [0, 0.1) is 0 Å². The maximum Gasteiger partial charge on any atom is 0.339 e. The van der Waals surface area contributed by atoms with Gasteiger partial charge in [-0.1, -0.05) is 78.3 Å². The van der Waals surface area contributed by atoms with Crippen LogP contribution in [-0.2, 0) is 28.0 Å². The highest BCUT2D eigenvalue weighted by Gasteiger charge is 2.33. The first-order valence-corrected chi connectivity index (χ1v) is 15.5. The Balaban J connectivity index is 1.39. The summed E-state index contributed by atoms with van der Waals surface area (Å²) >= 11 is 10.6. The molecule has 0 atom stereocenters. The highest BCUT2D eigenvalue weighted by atomic mass is 79.9. The molecule has 1 saturated heterocycles. The number of thioether (sulfide) groups is 1. The van der Waals surface area contributed by atoms with Gasteiger partial charge in [0.2, 0.25) is 0 Å². The van der Waals surface area contributed by atoms with E-state index >= 15 is 0 Å². The molecule has 4 aromatic rings. The van der Waals surface area contributed by atoms with Crippen molar-refractivity contribution in [3.8, 4) is 5.75 Å². The number of carbonyl (C=O) groups excluding carboxylic acids is 1. The minimum absolute atomic E-state index is 0.0104. The number of rotatable bonds is 8. The van der Waals surface area contributed by atoms with Crippen LogP contribution in [0.4, 0.5) is 0 Å². The van der Waals surface area contributed by atoms with E-state index in [0.717, 1.165) is 11.1 Å². The normalized spacial score (nSPS) is 15.7. The minimum atomic E-state index is -4.05. The number of halogens is 2. The van der Waals surface area contributed by atoms with Crippen LogP contribution in [0.3, 0.4) is 0 Å². The SMILES string of the molecule is O=C1/C(=C\c2ccc(OS(=O)(=O)c3ccc(Cl)cc3)c(Br)c2)SC(=NCc2ccccc2)N1Cc1ccccc1. The predicted octanol–water partition coefficient (Wildman–Crippen LogP) is 7.54. The number of hydrogen-bond acceptors (Lipinski definition) is 6. The number of amidine groups is 1. The molecule has 1 aliphatic rings. The fourth-order valence-electron chi connectivity index (χ4n) is 3.87. The van der Waals surface area contributed by atoms with Gasteiger partial charge in [-0.3, -0.25) is 14.7 Å². The highest BCUT2D eigenvalue weighted by molar-refractivity contribution is 9.10. The maximum atomic E-state index is 13.5. The third-order valence-corrected chi connectivity index (χ3v) is 9.03. The second-order valence-corrected chi connectivity index (χ2v) is 12.6. The van der Waals surface area contributed by atoms with E-state index in [4.69, 9.17) is 20.8 Å². The number of aliphatic imine (C=N–C) groups is 1. The van der Waals surface area contributed by atoms with E-state index in [1.165, 1.54) is 36.0 Å². The molecular weight excluding hydrogens is 632 g/mol. The Labute approximate surface area is 250 Å². The monoisotopic (exact) mass is 652 g/mol. The van der Waals surface area contributed by atoms with Gasteiger partial charge >= 0.3 is 10.1 Å². The molecular formula is C30H22BrClN2O4S2. The predicted molar refractivity (Wildman–Crippen MR) is 164 cm³/mol. The van der Waals surface area contributed by atoms with Gasteiger partial charge in [0, 0.05) is 5.02 Å². The molecule has 0 aliphatic carbocycles. The molecule has 6 nitrogen and oxygen atoms in total. The van der Waals surface area contributed by atoms with Crippen molar-refractivity contribution in [1.82, 2.24) is 4.90 Å². The van der Waals surface area contributed by atoms with Crippen molar-refractivity contribution >= 4 is 66.6 Å². The summed E-state index contributed by atoms with van der Waals surface area (Å²) < 4.78 is 31.2. The van der Waals surface area contributed by atoms with E-state index in [2.05, 4.69) is 15.9 Å². The zero-order valence-electron chi connectivity index (χ0n) is 20.9. The molecule has 4 aromatic carbocycles. The van der Waals surface area contributed by atoms with E-state index in [-0.39, 0.29) is 16.6 Å². The lowest BCUT2D eigenvalue weighted by atomic mass is 10.2. The lowest BCUT2D eigenvalue weighted by Crippen LogP contribution is -2.28. The molecule has 10 heteroatoms. The molecule has 0 radical (unpaired) electrons. The third-order valence-electron chi connectivity index (χ3n) is 5.87. The van der Waals surface area contributed by atoms with E-state index in [9.17, 15) is 13.2 Å². The summed E-state index contributed by atoms with van der Waals surface area (Å²) in [6.45, 7) is 0.853. The van der Waals surface area contributed by atoms with Gasteiger partial charge in [0.05, 0.1) is 22.5 Å². The van der Waals surface area contributed by atoms with Gasteiger partial charge in [0.25, 0.3) is 5.91 Å². The van der Waals surface area contributed by atoms with Crippen molar-refractivity contribution < 1.29 is 17.4 Å². The molecule has 1 amide bonds. The molecule has 0 spiro atoms. The Morgan fingerprint density at radius 2 is 1.55 bits per heavy atom. The molecule has 1 aliphatic heterocycles. The second-order valence-electron chi connectivity index (χ2n) is 8.75. The zero-order chi connectivity index (χ0) is 28.1. The van der Waals surface area contributed by atoms with Crippen molar-refractivity contribution in [2.75, 3.05) is 0 Å². The van der Waals surface area contributed by atoms with Crippen LogP contribution in [0.2, 0.25) is 5.02 Å². The largest absolute Gasteiger partial charge is 0.378 e. The van der Waals surface area contributed by atoms with Gasteiger partial charge in [0.15, 0.2) is 10.9 Å². The topological polar surface area (TPSA) is 76.0 Å². The first kappa shape index (κ1) is 28.2. The molecule has 0 unspecified atom stereocenters. The summed E-state index contributed by atoms with van der Waals surface area (Å²) in [4.78, 5) is 20.4.